The van der Waals surface area contributed by atoms with E-state index in [4.69, 9.17) is 9.47 Å². The Hall–Kier alpha value is -1.13. The monoisotopic (exact) mass is 677 g/mol. The van der Waals surface area contributed by atoms with Crippen molar-refractivity contribution in [2.75, 3.05) is 19.8 Å². The number of hydrogen-bond acceptors (Lipinski definition) is 4. The highest BCUT2D eigenvalue weighted by atomic mass is 16.6. The van der Waals surface area contributed by atoms with Gasteiger partial charge < -0.3 is 14.6 Å². The van der Waals surface area contributed by atoms with Crippen LogP contribution in [0.25, 0.3) is 0 Å². The van der Waals surface area contributed by atoms with Gasteiger partial charge in [0.15, 0.2) is 0 Å². The van der Waals surface area contributed by atoms with E-state index < -0.39 is 6.10 Å². The van der Waals surface area contributed by atoms with Gasteiger partial charge in [0.05, 0.1) is 13.2 Å². The number of esters is 1. The highest BCUT2D eigenvalue weighted by molar-refractivity contribution is 5.69. The number of ether oxygens (including phenoxy) is 2. The predicted octanol–water partition coefficient (Wildman–Crippen LogP) is 13.9. The van der Waals surface area contributed by atoms with E-state index in [-0.39, 0.29) is 12.6 Å². The molecule has 4 nitrogen and oxygen atoms in total. The second kappa shape index (κ2) is 42.0. The molecular formula is C44H84O4. The lowest BCUT2D eigenvalue weighted by Gasteiger charge is -2.16. The van der Waals surface area contributed by atoms with Crippen molar-refractivity contribution in [3.05, 3.63) is 24.3 Å². The van der Waals surface area contributed by atoms with E-state index in [0.717, 1.165) is 19.3 Å². The first-order valence-electron chi connectivity index (χ1n) is 21.4. The molecule has 0 amide bonds. The number of aliphatic hydroxyl groups is 1. The van der Waals surface area contributed by atoms with Gasteiger partial charge in [-0.15, -0.1) is 0 Å². The Bertz CT molecular complexity index is 673. The first-order valence-corrected chi connectivity index (χ1v) is 21.4. The molecule has 0 aliphatic heterocycles. The van der Waals surface area contributed by atoms with E-state index in [1.165, 1.54) is 186 Å². The van der Waals surface area contributed by atoms with Gasteiger partial charge in [0.2, 0.25) is 0 Å². The summed E-state index contributed by atoms with van der Waals surface area (Å²) in [6, 6.07) is 0. The molecule has 1 N–H and O–H groups in total. The van der Waals surface area contributed by atoms with Crippen molar-refractivity contribution in [2.24, 2.45) is 0 Å². The lowest BCUT2D eigenvalue weighted by molar-refractivity contribution is -0.154. The molecule has 4 heteroatoms. The number of hydrogen-bond donors (Lipinski definition) is 1. The molecule has 0 saturated heterocycles. The summed E-state index contributed by atoms with van der Waals surface area (Å²) in [6.45, 7) is 5.36. The van der Waals surface area contributed by atoms with Crippen molar-refractivity contribution >= 4 is 5.97 Å². The van der Waals surface area contributed by atoms with E-state index in [1.807, 2.05) is 0 Å². The van der Waals surface area contributed by atoms with Gasteiger partial charge in [0.25, 0.3) is 0 Å². The van der Waals surface area contributed by atoms with Gasteiger partial charge in [-0.2, -0.15) is 0 Å². The SMILES string of the molecule is CCCCCCCC/C=C\CCCCCCCCCCOCC(CO)OC(=O)CCCCCCCCC/C=C\CCCCCCCCC. The Kier molecular flexibility index (Phi) is 41.0. The van der Waals surface area contributed by atoms with Gasteiger partial charge in [-0.1, -0.05) is 179 Å². The average molecular weight is 677 g/mol. The summed E-state index contributed by atoms with van der Waals surface area (Å²) in [5, 5.41) is 9.60. The van der Waals surface area contributed by atoms with Gasteiger partial charge in [-0.05, 0) is 64.2 Å². The zero-order valence-corrected chi connectivity index (χ0v) is 32.5. The summed E-state index contributed by atoms with van der Waals surface area (Å²) < 4.78 is 11.2. The summed E-state index contributed by atoms with van der Waals surface area (Å²) in [7, 11) is 0. The second-order valence-electron chi connectivity index (χ2n) is 14.4. The molecule has 0 spiro atoms. The first kappa shape index (κ1) is 46.9. The third-order valence-corrected chi connectivity index (χ3v) is 9.50. The number of allylic oxidation sites excluding steroid dienone is 4. The van der Waals surface area contributed by atoms with Crippen LogP contribution in [0.15, 0.2) is 24.3 Å². The van der Waals surface area contributed by atoms with Crippen LogP contribution in [0.5, 0.6) is 0 Å². The van der Waals surface area contributed by atoms with E-state index >= 15 is 0 Å². The molecule has 0 fully saturated rings. The molecule has 0 aliphatic rings. The zero-order valence-electron chi connectivity index (χ0n) is 32.5. The molecule has 48 heavy (non-hydrogen) atoms. The Morgan fingerprint density at radius 3 is 1.19 bits per heavy atom. The Morgan fingerprint density at radius 2 is 0.812 bits per heavy atom. The Morgan fingerprint density at radius 1 is 0.479 bits per heavy atom. The quantitative estimate of drug-likeness (QED) is 0.0399. The van der Waals surface area contributed by atoms with E-state index in [1.54, 1.807) is 0 Å². The maximum Gasteiger partial charge on any atom is 0.306 e. The van der Waals surface area contributed by atoms with E-state index in [9.17, 15) is 9.90 Å². The molecule has 0 aliphatic carbocycles. The maximum atomic E-state index is 12.2. The highest BCUT2D eigenvalue weighted by Gasteiger charge is 2.13. The third kappa shape index (κ3) is 39.3. The fraction of sp³-hybridized carbons (Fsp3) is 0.886. The Balaban J connectivity index is 3.41. The highest BCUT2D eigenvalue weighted by Crippen LogP contribution is 2.14. The Labute approximate surface area is 300 Å². The number of unbranched alkanes of at least 4 members (excludes halogenated alkanes) is 28. The first-order chi connectivity index (χ1) is 23.7. The van der Waals surface area contributed by atoms with Crippen LogP contribution in [0.3, 0.4) is 0 Å². The van der Waals surface area contributed by atoms with E-state index in [2.05, 4.69) is 38.2 Å². The van der Waals surface area contributed by atoms with Crippen molar-refractivity contribution in [1.82, 2.24) is 0 Å². The van der Waals surface area contributed by atoms with Crippen molar-refractivity contribution in [2.45, 2.75) is 232 Å². The van der Waals surface area contributed by atoms with Crippen molar-refractivity contribution in [1.29, 1.82) is 0 Å². The predicted molar refractivity (Wildman–Crippen MR) is 210 cm³/mol. The summed E-state index contributed by atoms with van der Waals surface area (Å²) >= 11 is 0. The fourth-order valence-electron chi connectivity index (χ4n) is 6.26. The van der Waals surface area contributed by atoms with Crippen LogP contribution >= 0.6 is 0 Å². The normalized spacial score (nSPS) is 12.5. The molecule has 0 aromatic heterocycles. The van der Waals surface area contributed by atoms with Crippen LogP contribution in [0, 0.1) is 0 Å². The molecular weight excluding hydrogens is 592 g/mol. The molecule has 0 rings (SSSR count). The van der Waals surface area contributed by atoms with Crippen molar-refractivity contribution < 1.29 is 19.4 Å². The molecule has 0 heterocycles. The smallest absolute Gasteiger partial charge is 0.306 e. The molecule has 0 bridgehead atoms. The molecule has 0 radical (unpaired) electrons. The lowest BCUT2D eigenvalue weighted by Crippen LogP contribution is -2.27. The van der Waals surface area contributed by atoms with Crippen LogP contribution in [-0.2, 0) is 14.3 Å². The third-order valence-electron chi connectivity index (χ3n) is 9.50. The van der Waals surface area contributed by atoms with Crippen molar-refractivity contribution in [3.8, 4) is 0 Å². The standard InChI is InChI=1S/C44H84O4/c1-3-5-7-9-11-13-15-17-19-21-23-25-27-29-31-33-35-37-39-44(46)48-43(41-45)42-47-40-38-36-34-32-30-28-26-24-22-20-18-16-14-12-10-8-6-4-2/h18-21,43,45H,3-17,22-42H2,1-2H3/b20-18-,21-19-. The molecule has 1 atom stereocenters. The largest absolute Gasteiger partial charge is 0.457 e. The molecule has 0 aromatic rings. The molecule has 0 saturated carbocycles. The topological polar surface area (TPSA) is 55.8 Å². The molecule has 284 valence electrons. The number of aliphatic hydroxyl groups excluding tert-OH is 1. The van der Waals surface area contributed by atoms with Gasteiger partial charge in [0.1, 0.15) is 6.10 Å². The van der Waals surface area contributed by atoms with Crippen LogP contribution in [-0.4, -0.2) is 37.0 Å². The maximum absolute atomic E-state index is 12.2. The average Bonchev–Trinajstić information content (AvgIpc) is 3.09. The van der Waals surface area contributed by atoms with Crippen LogP contribution in [0.4, 0.5) is 0 Å². The van der Waals surface area contributed by atoms with Gasteiger partial charge in [-0.25, -0.2) is 0 Å². The minimum absolute atomic E-state index is 0.172. The summed E-state index contributed by atoms with van der Waals surface area (Å²) in [5.74, 6) is -0.204. The summed E-state index contributed by atoms with van der Waals surface area (Å²) in [6.07, 6.45) is 50.9. The summed E-state index contributed by atoms with van der Waals surface area (Å²) in [4.78, 5) is 12.2. The summed E-state index contributed by atoms with van der Waals surface area (Å²) in [5.41, 5.74) is 0. The number of carbonyl (C=O) groups excluding carboxylic acids is 1. The lowest BCUT2D eigenvalue weighted by atomic mass is 10.1. The van der Waals surface area contributed by atoms with Gasteiger partial charge in [0, 0.05) is 13.0 Å². The van der Waals surface area contributed by atoms with Crippen LogP contribution in [0.1, 0.15) is 226 Å². The number of rotatable bonds is 40. The molecule has 1 unspecified atom stereocenters. The van der Waals surface area contributed by atoms with Gasteiger partial charge in [-0.3, -0.25) is 4.79 Å². The fourth-order valence-corrected chi connectivity index (χ4v) is 6.26. The minimum Gasteiger partial charge on any atom is -0.457 e. The van der Waals surface area contributed by atoms with Crippen LogP contribution < -0.4 is 0 Å². The molecule has 0 aromatic carbocycles. The minimum atomic E-state index is -0.535. The van der Waals surface area contributed by atoms with E-state index in [0.29, 0.717) is 19.6 Å². The van der Waals surface area contributed by atoms with Crippen LogP contribution in [0.2, 0.25) is 0 Å². The number of carbonyl (C=O) groups is 1. The van der Waals surface area contributed by atoms with Gasteiger partial charge >= 0.3 is 5.97 Å². The zero-order chi connectivity index (χ0) is 34.9. The second-order valence-corrected chi connectivity index (χ2v) is 14.4. The van der Waals surface area contributed by atoms with Crippen molar-refractivity contribution in [3.63, 3.8) is 0 Å².